The third-order valence-corrected chi connectivity index (χ3v) is 3.80. The normalized spacial score (nSPS) is 16.2. The Morgan fingerprint density at radius 2 is 2.17 bits per heavy atom. The molecule has 2 N–H and O–H groups in total. The first-order valence-electron chi connectivity index (χ1n) is 5.96. The van der Waals surface area contributed by atoms with E-state index in [4.69, 9.17) is 5.73 Å². The molecular formula is C13H17N3OS. The SMILES string of the molecule is CN1CCN(C(=O)c2csc(C#CCN)c2)CC1. The number of thiophene rings is 1. The highest BCUT2D eigenvalue weighted by atomic mass is 32.1. The number of amides is 1. The fourth-order valence-electron chi connectivity index (χ4n) is 1.84. The lowest BCUT2D eigenvalue weighted by Crippen LogP contribution is -2.47. The summed E-state index contributed by atoms with van der Waals surface area (Å²) in [6, 6.07) is 1.86. The van der Waals surface area contributed by atoms with Gasteiger partial charge in [-0.2, -0.15) is 0 Å². The number of hydrogen-bond donors (Lipinski definition) is 1. The van der Waals surface area contributed by atoms with Crippen molar-refractivity contribution < 1.29 is 4.79 Å². The van der Waals surface area contributed by atoms with E-state index in [2.05, 4.69) is 23.8 Å². The van der Waals surface area contributed by atoms with Gasteiger partial charge in [-0.25, -0.2) is 0 Å². The summed E-state index contributed by atoms with van der Waals surface area (Å²) in [6.07, 6.45) is 0. The molecule has 0 aromatic carbocycles. The Kier molecular flexibility index (Phi) is 4.37. The quantitative estimate of drug-likeness (QED) is 0.748. The highest BCUT2D eigenvalue weighted by molar-refractivity contribution is 7.10. The largest absolute Gasteiger partial charge is 0.336 e. The molecule has 0 aliphatic carbocycles. The second-order valence-electron chi connectivity index (χ2n) is 4.30. The fraction of sp³-hybridized carbons (Fsp3) is 0.462. The molecule has 0 spiro atoms. The highest BCUT2D eigenvalue weighted by Gasteiger charge is 2.20. The number of nitrogens with two attached hydrogens (primary N) is 1. The van der Waals surface area contributed by atoms with E-state index >= 15 is 0 Å². The first kappa shape index (κ1) is 13.1. The van der Waals surface area contributed by atoms with Gasteiger partial charge in [-0.05, 0) is 13.1 Å². The van der Waals surface area contributed by atoms with Crippen LogP contribution in [0.1, 0.15) is 15.2 Å². The smallest absolute Gasteiger partial charge is 0.254 e. The predicted octanol–water partition coefficient (Wildman–Crippen LogP) is 0.446. The molecule has 0 saturated carbocycles. The van der Waals surface area contributed by atoms with Crippen LogP contribution in [0.2, 0.25) is 0 Å². The zero-order valence-corrected chi connectivity index (χ0v) is 11.3. The third-order valence-electron chi connectivity index (χ3n) is 2.95. The van der Waals surface area contributed by atoms with E-state index in [1.165, 1.54) is 11.3 Å². The molecule has 1 amide bonds. The van der Waals surface area contributed by atoms with E-state index in [0.717, 1.165) is 36.6 Å². The lowest BCUT2D eigenvalue weighted by atomic mass is 10.2. The van der Waals surface area contributed by atoms with Crippen LogP contribution >= 0.6 is 11.3 Å². The van der Waals surface area contributed by atoms with Crippen LogP contribution in [0.3, 0.4) is 0 Å². The zero-order chi connectivity index (χ0) is 13.0. The number of carbonyl (C=O) groups excluding carboxylic acids is 1. The lowest BCUT2D eigenvalue weighted by molar-refractivity contribution is 0.0664. The van der Waals surface area contributed by atoms with Crippen molar-refractivity contribution in [2.24, 2.45) is 5.73 Å². The summed E-state index contributed by atoms with van der Waals surface area (Å²) in [5.74, 6) is 5.86. The van der Waals surface area contributed by atoms with Crippen molar-refractivity contribution in [1.82, 2.24) is 9.80 Å². The number of piperazine rings is 1. The van der Waals surface area contributed by atoms with Crippen LogP contribution in [-0.4, -0.2) is 55.5 Å². The Hall–Kier alpha value is -1.35. The average molecular weight is 263 g/mol. The Bertz CT molecular complexity index is 478. The second kappa shape index (κ2) is 6.01. The van der Waals surface area contributed by atoms with E-state index in [-0.39, 0.29) is 5.91 Å². The summed E-state index contributed by atoms with van der Waals surface area (Å²) in [5.41, 5.74) is 6.07. The Morgan fingerprint density at radius 1 is 1.44 bits per heavy atom. The van der Waals surface area contributed by atoms with Crippen LogP contribution in [0.4, 0.5) is 0 Å². The van der Waals surface area contributed by atoms with Crippen LogP contribution < -0.4 is 5.73 Å². The molecule has 2 heterocycles. The van der Waals surface area contributed by atoms with Crippen molar-refractivity contribution >= 4 is 17.2 Å². The zero-order valence-electron chi connectivity index (χ0n) is 10.5. The molecule has 96 valence electrons. The van der Waals surface area contributed by atoms with Crippen LogP contribution in [0.15, 0.2) is 11.4 Å². The molecule has 1 aromatic heterocycles. The predicted molar refractivity (Wildman–Crippen MR) is 73.7 cm³/mol. The van der Waals surface area contributed by atoms with Crippen molar-refractivity contribution in [2.75, 3.05) is 39.8 Å². The van der Waals surface area contributed by atoms with Crippen LogP contribution in [0.5, 0.6) is 0 Å². The molecule has 1 aliphatic rings. The van der Waals surface area contributed by atoms with Crippen molar-refractivity contribution in [3.63, 3.8) is 0 Å². The number of nitrogens with zero attached hydrogens (tertiary/aromatic N) is 2. The van der Waals surface area contributed by atoms with Gasteiger partial charge in [0.25, 0.3) is 5.91 Å². The number of hydrogen-bond acceptors (Lipinski definition) is 4. The lowest BCUT2D eigenvalue weighted by Gasteiger charge is -2.32. The van der Waals surface area contributed by atoms with Gasteiger partial charge >= 0.3 is 0 Å². The maximum Gasteiger partial charge on any atom is 0.254 e. The molecule has 0 unspecified atom stereocenters. The number of likely N-dealkylation sites (N-methyl/N-ethyl adjacent to an activating group) is 1. The van der Waals surface area contributed by atoms with Crippen LogP contribution in [0, 0.1) is 11.8 Å². The van der Waals surface area contributed by atoms with Crippen molar-refractivity contribution in [1.29, 1.82) is 0 Å². The van der Waals surface area contributed by atoms with E-state index < -0.39 is 0 Å². The monoisotopic (exact) mass is 263 g/mol. The standard InChI is InChI=1S/C13H17N3OS/c1-15-5-7-16(8-6-15)13(17)11-9-12(18-10-11)3-2-4-14/h9-10H,4-8,14H2,1H3. The van der Waals surface area contributed by atoms with Gasteiger partial charge in [0.1, 0.15) is 0 Å². The van der Waals surface area contributed by atoms with Crippen molar-refractivity contribution in [3.8, 4) is 11.8 Å². The summed E-state index contributed by atoms with van der Waals surface area (Å²) in [5, 5.41) is 1.88. The summed E-state index contributed by atoms with van der Waals surface area (Å²) in [6.45, 7) is 3.83. The molecule has 1 saturated heterocycles. The van der Waals surface area contributed by atoms with Gasteiger partial charge in [-0.15, -0.1) is 11.3 Å². The molecule has 18 heavy (non-hydrogen) atoms. The van der Waals surface area contributed by atoms with Crippen molar-refractivity contribution in [3.05, 3.63) is 21.9 Å². The Labute approximate surface area is 111 Å². The first-order valence-corrected chi connectivity index (χ1v) is 6.84. The maximum absolute atomic E-state index is 12.2. The Morgan fingerprint density at radius 3 is 2.83 bits per heavy atom. The molecule has 1 aliphatic heterocycles. The fourth-order valence-corrected chi connectivity index (χ4v) is 2.59. The molecule has 2 rings (SSSR count). The minimum atomic E-state index is 0.111. The molecule has 5 heteroatoms. The third kappa shape index (κ3) is 3.10. The van der Waals surface area contributed by atoms with E-state index in [1.54, 1.807) is 0 Å². The molecule has 1 fully saturated rings. The number of carbonyl (C=O) groups is 1. The second-order valence-corrected chi connectivity index (χ2v) is 5.21. The summed E-state index contributed by atoms with van der Waals surface area (Å²) >= 11 is 1.50. The minimum Gasteiger partial charge on any atom is -0.336 e. The molecule has 0 bridgehead atoms. The first-order chi connectivity index (χ1) is 8.70. The molecule has 0 atom stereocenters. The summed E-state index contributed by atoms with van der Waals surface area (Å²) < 4.78 is 0. The number of rotatable bonds is 1. The van der Waals surface area contributed by atoms with Gasteiger partial charge < -0.3 is 15.5 Å². The van der Waals surface area contributed by atoms with Gasteiger partial charge in [0, 0.05) is 31.6 Å². The molecule has 4 nitrogen and oxygen atoms in total. The van der Waals surface area contributed by atoms with Gasteiger partial charge in [0.05, 0.1) is 17.0 Å². The molecule has 0 radical (unpaired) electrons. The topological polar surface area (TPSA) is 49.6 Å². The van der Waals surface area contributed by atoms with Crippen molar-refractivity contribution in [2.45, 2.75) is 0 Å². The molecular weight excluding hydrogens is 246 g/mol. The van der Waals surface area contributed by atoms with Gasteiger partial charge in [0.15, 0.2) is 0 Å². The van der Waals surface area contributed by atoms with Gasteiger partial charge in [0.2, 0.25) is 0 Å². The highest BCUT2D eigenvalue weighted by Crippen LogP contribution is 2.16. The summed E-state index contributed by atoms with van der Waals surface area (Å²) in [4.78, 5) is 17.3. The van der Waals surface area contributed by atoms with Gasteiger partial charge in [-0.1, -0.05) is 11.8 Å². The van der Waals surface area contributed by atoms with E-state index in [9.17, 15) is 4.79 Å². The molecule has 1 aromatic rings. The van der Waals surface area contributed by atoms with Crippen LogP contribution in [-0.2, 0) is 0 Å². The maximum atomic E-state index is 12.2. The van der Waals surface area contributed by atoms with E-state index in [0.29, 0.717) is 6.54 Å². The Balaban J connectivity index is 2.02. The minimum absolute atomic E-state index is 0.111. The van der Waals surface area contributed by atoms with E-state index in [1.807, 2.05) is 16.3 Å². The summed E-state index contributed by atoms with van der Waals surface area (Å²) in [7, 11) is 2.08. The average Bonchev–Trinajstić information content (AvgIpc) is 2.85. The van der Waals surface area contributed by atoms with Gasteiger partial charge in [-0.3, -0.25) is 4.79 Å². The van der Waals surface area contributed by atoms with Crippen LogP contribution in [0.25, 0.3) is 0 Å².